The zero-order chi connectivity index (χ0) is 24.5. The number of fused-ring (bicyclic) bond motifs is 2. The fourth-order valence-corrected chi connectivity index (χ4v) is 4.75. The van der Waals surface area contributed by atoms with Crippen LogP contribution in [-0.2, 0) is 7.05 Å². The highest BCUT2D eigenvalue weighted by Gasteiger charge is 2.30. The van der Waals surface area contributed by atoms with Crippen LogP contribution in [0.15, 0.2) is 114 Å². The maximum absolute atomic E-state index is 6.52. The molecule has 5 heteroatoms. The Balaban J connectivity index is 1.47. The Hall–Kier alpha value is -4.64. The van der Waals surface area contributed by atoms with E-state index in [0.717, 1.165) is 39.2 Å². The van der Waals surface area contributed by atoms with Crippen LogP contribution in [0.5, 0.6) is 5.75 Å². The molecule has 1 aliphatic rings. The number of rotatable bonds is 5. The van der Waals surface area contributed by atoms with Crippen LogP contribution in [0.2, 0.25) is 0 Å². The van der Waals surface area contributed by atoms with Gasteiger partial charge in [-0.15, -0.1) is 0 Å². The van der Waals surface area contributed by atoms with Gasteiger partial charge in [-0.2, -0.15) is 5.10 Å². The molecular formula is C31H26N4O. The molecule has 0 bridgehead atoms. The monoisotopic (exact) mass is 470 g/mol. The van der Waals surface area contributed by atoms with E-state index in [-0.39, 0.29) is 5.92 Å². The Bertz CT molecular complexity index is 1600. The number of para-hydroxylation sites is 3. The molecule has 0 radical (unpaired) electrons. The first kappa shape index (κ1) is 21.9. The Morgan fingerprint density at radius 2 is 1.58 bits per heavy atom. The minimum Gasteiger partial charge on any atom is -0.456 e. The van der Waals surface area contributed by atoms with Gasteiger partial charge in [-0.3, -0.25) is 0 Å². The van der Waals surface area contributed by atoms with Gasteiger partial charge in [0.25, 0.3) is 0 Å². The van der Waals surface area contributed by atoms with Crippen molar-refractivity contribution in [2.75, 3.05) is 5.43 Å². The lowest BCUT2D eigenvalue weighted by atomic mass is 9.81. The predicted molar refractivity (Wildman–Crippen MR) is 146 cm³/mol. The zero-order valence-corrected chi connectivity index (χ0v) is 20.2. The third-order valence-electron chi connectivity index (χ3n) is 6.62. The molecule has 0 aliphatic carbocycles. The molecule has 5 nitrogen and oxygen atoms in total. The summed E-state index contributed by atoms with van der Waals surface area (Å²) in [4.78, 5) is 4.69. The lowest BCUT2D eigenvalue weighted by Gasteiger charge is -2.30. The van der Waals surface area contributed by atoms with Crippen molar-refractivity contribution < 1.29 is 4.74 Å². The summed E-state index contributed by atoms with van der Waals surface area (Å²) in [6.07, 6.45) is 1.88. The van der Waals surface area contributed by atoms with Crippen molar-refractivity contribution in [3.8, 4) is 5.75 Å². The molecule has 1 unspecified atom stereocenters. The number of hydrogen-bond donors (Lipinski definition) is 1. The number of anilines is 1. The van der Waals surface area contributed by atoms with Gasteiger partial charge in [-0.25, -0.2) is 10.4 Å². The zero-order valence-electron chi connectivity index (χ0n) is 20.2. The topological polar surface area (TPSA) is 51.4 Å². The number of benzene rings is 4. The molecule has 0 fully saturated rings. The van der Waals surface area contributed by atoms with Crippen molar-refractivity contribution >= 4 is 29.0 Å². The third-order valence-corrected chi connectivity index (χ3v) is 6.62. The molecule has 1 aliphatic heterocycles. The van der Waals surface area contributed by atoms with E-state index in [1.165, 1.54) is 11.1 Å². The van der Waals surface area contributed by atoms with Crippen molar-refractivity contribution in [3.63, 3.8) is 0 Å². The molecule has 0 amide bonds. The maximum Gasteiger partial charge on any atom is 0.224 e. The minimum atomic E-state index is -0.0308. The molecule has 1 atom stereocenters. The molecule has 1 N–H and O–H groups in total. The van der Waals surface area contributed by atoms with Crippen molar-refractivity contribution in [1.29, 1.82) is 0 Å². The fourth-order valence-electron chi connectivity index (χ4n) is 4.75. The second-order valence-corrected chi connectivity index (χ2v) is 8.99. The smallest absolute Gasteiger partial charge is 0.224 e. The van der Waals surface area contributed by atoms with E-state index in [9.17, 15) is 0 Å². The van der Waals surface area contributed by atoms with Crippen molar-refractivity contribution in [2.24, 2.45) is 12.1 Å². The van der Waals surface area contributed by atoms with Gasteiger partial charge in [0.1, 0.15) is 11.5 Å². The quantitative estimate of drug-likeness (QED) is 0.224. The molecule has 36 heavy (non-hydrogen) atoms. The predicted octanol–water partition coefficient (Wildman–Crippen LogP) is 6.92. The summed E-state index contributed by atoms with van der Waals surface area (Å²) in [6, 6.07) is 35.2. The van der Waals surface area contributed by atoms with Gasteiger partial charge in [0.05, 0.1) is 17.2 Å². The van der Waals surface area contributed by atoms with E-state index in [1.807, 2.05) is 72.4 Å². The first-order chi connectivity index (χ1) is 17.7. The first-order valence-corrected chi connectivity index (χ1v) is 12.0. The first-order valence-electron chi connectivity index (χ1n) is 12.0. The number of ether oxygens (including phenoxy) is 1. The maximum atomic E-state index is 6.52. The van der Waals surface area contributed by atoms with Crippen LogP contribution in [0, 0.1) is 6.92 Å². The van der Waals surface area contributed by atoms with E-state index >= 15 is 0 Å². The number of nitrogens with zero attached hydrogens (tertiary/aromatic N) is 3. The highest BCUT2D eigenvalue weighted by atomic mass is 16.5. The highest BCUT2D eigenvalue weighted by molar-refractivity contribution is 5.94. The van der Waals surface area contributed by atoms with E-state index in [0.29, 0.717) is 5.95 Å². The molecule has 6 rings (SSSR count). The van der Waals surface area contributed by atoms with Gasteiger partial charge in [0.2, 0.25) is 5.95 Å². The number of hydrazone groups is 1. The molecule has 0 spiro atoms. The summed E-state index contributed by atoms with van der Waals surface area (Å²) >= 11 is 0. The van der Waals surface area contributed by atoms with Crippen molar-refractivity contribution in [2.45, 2.75) is 12.8 Å². The number of aryl methyl sites for hydroxylation is 2. The van der Waals surface area contributed by atoms with Crippen LogP contribution in [0.3, 0.4) is 0 Å². The molecule has 2 heterocycles. The van der Waals surface area contributed by atoms with Gasteiger partial charge in [-0.1, -0.05) is 90.5 Å². The van der Waals surface area contributed by atoms with E-state index in [1.54, 1.807) is 0 Å². The lowest BCUT2D eigenvalue weighted by Crippen LogP contribution is -2.18. The van der Waals surface area contributed by atoms with E-state index in [2.05, 4.69) is 71.0 Å². The second kappa shape index (κ2) is 9.19. The normalized spacial score (nSPS) is 15.2. The van der Waals surface area contributed by atoms with Gasteiger partial charge in [0.15, 0.2) is 0 Å². The second-order valence-electron chi connectivity index (χ2n) is 8.99. The van der Waals surface area contributed by atoms with Crippen LogP contribution >= 0.6 is 0 Å². The third kappa shape index (κ3) is 3.95. The van der Waals surface area contributed by atoms with Gasteiger partial charge >= 0.3 is 0 Å². The molecule has 4 aromatic carbocycles. The summed E-state index contributed by atoms with van der Waals surface area (Å²) in [6.45, 7) is 2.11. The molecule has 176 valence electrons. The summed E-state index contributed by atoms with van der Waals surface area (Å²) in [5, 5.41) is 4.67. The van der Waals surface area contributed by atoms with Gasteiger partial charge in [-0.05, 0) is 30.7 Å². The Morgan fingerprint density at radius 1 is 0.861 bits per heavy atom. The lowest BCUT2D eigenvalue weighted by molar-refractivity contribution is 0.489. The fraction of sp³-hybridized carbons (Fsp3) is 0.0968. The molecular weight excluding hydrogens is 444 g/mol. The number of nitrogens with one attached hydrogen (secondary N) is 1. The number of aromatic nitrogens is 2. The molecule has 1 aromatic heterocycles. The van der Waals surface area contributed by atoms with Crippen LogP contribution in [0.1, 0.15) is 28.2 Å². The average Bonchev–Trinajstić information content (AvgIpc) is 3.24. The Kier molecular flexibility index (Phi) is 5.58. The van der Waals surface area contributed by atoms with Crippen molar-refractivity contribution in [3.05, 3.63) is 131 Å². The number of imidazole rings is 1. The van der Waals surface area contributed by atoms with Crippen LogP contribution in [0.25, 0.3) is 16.8 Å². The van der Waals surface area contributed by atoms with Crippen LogP contribution in [-0.4, -0.2) is 15.8 Å². The SMILES string of the molecule is Cc1ccc(C2C(/C=N/Nc3nc4ccccc4n3C)=C(c3ccccc3)Oc3ccccc32)cc1. The Morgan fingerprint density at radius 3 is 2.39 bits per heavy atom. The van der Waals surface area contributed by atoms with Crippen LogP contribution < -0.4 is 10.2 Å². The Labute approximate surface area is 210 Å². The summed E-state index contributed by atoms with van der Waals surface area (Å²) in [5.41, 5.74) is 10.7. The van der Waals surface area contributed by atoms with Gasteiger partial charge in [0, 0.05) is 29.7 Å². The standard InChI is InChI=1S/C31H26N4O/c1-21-16-18-22(19-17-21)29-24-12-6-9-15-28(24)36-30(23-10-4-3-5-11-23)25(29)20-32-34-31-33-26-13-7-8-14-27(26)35(31)2/h3-20,29H,1-2H3,(H,33,34)/b32-20+. The molecule has 0 saturated heterocycles. The average molecular weight is 471 g/mol. The highest BCUT2D eigenvalue weighted by Crippen LogP contribution is 2.45. The minimum absolute atomic E-state index is 0.0308. The van der Waals surface area contributed by atoms with E-state index in [4.69, 9.17) is 4.74 Å². The summed E-state index contributed by atoms with van der Waals surface area (Å²) in [5.74, 6) is 2.31. The van der Waals surface area contributed by atoms with Gasteiger partial charge < -0.3 is 9.30 Å². The van der Waals surface area contributed by atoms with Crippen molar-refractivity contribution in [1.82, 2.24) is 9.55 Å². The van der Waals surface area contributed by atoms with E-state index < -0.39 is 0 Å². The molecule has 0 saturated carbocycles. The largest absolute Gasteiger partial charge is 0.456 e. The summed E-state index contributed by atoms with van der Waals surface area (Å²) in [7, 11) is 1.98. The number of hydrogen-bond acceptors (Lipinski definition) is 4. The number of allylic oxidation sites excluding steroid dienone is 1. The van der Waals surface area contributed by atoms with Crippen LogP contribution in [0.4, 0.5) is 5.95 Å². The molecule has 5 aromatic rings. The summed E-state index contributed by atoms with van der Waals surface area (Å²) < 4.78 is 8.52.